The monoisotopic (exact) mass is 392 g/mol. The second-order valence-electron chi connectivity index (χ2n) is 6.73. The predicted octanol–water partition coefficient (Wildman–Crippen LogP) is 1.16. The van der Waals surface area contributed by atoms with E-state index in [1.807, 2.05) is 0 Å². The summed E-state index contributed by atoms with van der Waals surface area (Å²) in [7, 11) is 0. The van der Waals surface area contributed by atoms with Crippen LogP contribution in [-0.4, -0.2) is 38.9 Å². The van der Waals surface area contributed by atoms with E-state index in [0.717, 1.165) is 0 Å². The molecular weight excluding hydrogens is 375 g/mol. The molecule has 2 amide bonds. The molecule has 1 aromatic carbocycles. The molecule has 142 valence electrons. The summed E-state index contributed by atoms with van der Waals surface area (Å²) in [5.74, 6) is -0.972. The van der Waals surface area contributed by atoms with Crippen molar-refractivity contribution in [1.29, 1.82) is 0 Å². The molecule has 2 aliphatic rings. The molecule has 2 aromatic rings. The van der Waals surface area contributed by atoms with Gasteiger partial charge in [-0.2, -0.15) is 0 Å². The molecule has 1 aromatic heterocycles. The molecule has 4 rings (SSSR count). The van der Waals surface area contributed by atoms with E-state index in [1.54, 1.807) is 9.47 Å². The first kappa shape index (κ1) is 17.8. The molecule has 0 spiro atoms. The average molecular weight is 393 g/mol. The first-order valence-corrected chi connectivity index (χ1v) is 9.15. The summed E-state index contributed by atoms with van der Waals surface area (Å²) in [4.78, 5) is 39.3. The van der Waals surface area contributed by atoms with Gasteiger partial charge in [-0.15, -0.1) is 0 Å². The minimum atomic E-state index is -0.530. The van der Waals surface area contributed by atoms with Crippen molar-refractivity contribution >= 4 is 23.4 Å². The summed E-state index contributed by atoms with van der Waals surface area (Å²) in [6, 6.07) is 4.19. The lowest BCUT2D eigenvalue weighted by Gasteiger charge is -2.28. The molecule has 0 radical (unpaired) electrons. The van der Waals surface area contributed by atoms with Gasteiger partial charge >= 0.3 is 5.69 Å². The summed E-state index contributed by atoms with van der Waals surface area (Å²) in [5, 5.41) is 2.77. The highest BCUT2D eigenvalue weighted by atomic mass is 35.5. The third-order valence-corrected chi connectivity index (χ3v) is 5.31. The van der Waals surface area contributed by atoms with Gasteiger partial charge in [-0.25, -0.2) is 9.18 Å². The second-order valence-corrected chi connectivity index (χ2v) is 7.14. The van der Waals surface area contributed by atoms with E-state index in [0.29, 0.717) is 49.6 Å². The van der Waals surface area contributed by atoms with Gasteiger partial charge in [-0.05, 0) is 24.1 Å². The van der Waals surface area contributed by atoms with E-state index in [-0.39, 0.29) is 35.5 Å². The lowest BCUT2D eigenvalue weighted by Crippen LogP contribution is -2.42. The van der Waals surface area contributed by atoms with Crippen LogP contribution in [0.4, 0.5) is 4.39 Å². The molecule has 9 heteroatoms. The number of benzene rings is 1. The van der Waals surface area contributed by atoms with Crippen molar-refractivity contribution in [2.75, 3.05) is 13.1 Å². The smallest absolute Gasteiger partial charge is 0.329 e. The van der Waals surface area contributed by atoms with Crippen molar-refractivity contribution < 1.29 is 14.0 Å². The zero-order valence-corrected chi connectivity index (χ0v) is 15.3. The van der Waals surface area contributed by atoms with E-state index in [4.69, 9.17) is 11.6 Å². The third-order valence-electron chi connectivity index (χ3n) is 5.02. The molecule has 0 saturated carbocycles. The highest BCUT2D eigenvalue weighted by Gasteiger charge is 2.31. The Bertz CT molecular complexity index is 997. The maximum absolute atomic E-state index is 13.3. The van der Waals surface area contributed by atoms with Crippen molar-refractivity contribution in [3.05, 3.63) is 56.5 Å². The van der Waals surface area contributed by atoms with Crippen molar-refractivity contribution in [2.24, 2.45) is 0 Å². The first-order chi connectivity index (χ1) is 13.0. The normalized spacial score (nSPS) is 16.4. The van der Waals surface area contributed by atoms with Crippen LogP contribution in [0.5, 0.6) is 0 Å². The highest BCUT2D eigenvalue weighted by Crippen LogP contribution is 2.20. The van der Waals surface area contributed by atoms with Gasteiger partial charge in [0.05, 0.1) is 23.7 Å². The Morgan fingerprint density at radius 1 is 1.19 bits per heavy atom. The standard InChI is InChI=1S/C18H18ClFN4O3/c19-12-8-11(2-3-13(12)20)9-15(25)22-6-7-23-14(10-22)16-17(26)21-4-1-5-24(16)18(23)27/h2-3,8H,1,4-7,9-10H2,(H,21,26). The number of hydrogen-bond donors (Lipinski definition) is 1. The molecule has 1 N–H and O–H groups in total. The fraction of sp³-hybridized carbons (Fsp3) is 0.389. The Labute approximate surface area is 159 Å². The van der Waals surface area contributed by atoms with Gasteiger partial charge in [-0.1, -0.05) is 17.7 Å². The molecular formula is C18H18ClFN4O3. The SMILES string of the molecule is O=C1NCCCn2c1c1n(c2=O)CCN(C(=O)Cc2ccc(F)c(Cl)c2)C1. The number of imidazole rings is 1. The Balaban J connectivity index is 1.59. The molecule has 0 saturated heterocycles. The fourth-order valence-electron chi connectivity index (χ4n) is 3.64. The molecule has 27 heavy (non-hydrogen) atoms. The summed E-state index contributed by atoms with van der Waals surface area (Å²) in [6.45, 7) is 1.92. The number of rotatable bonds is 2. The van der Waals surface area contributed by atoms with Crippen LogP contribution in [0.2, 0.25) is 5.02 Å². The van der Waals surface area contributed by atoms with E-state index >= 15 is 0 Å². The third kappa shape index (κ3) is 3.14. The van der Waals surface area contributed by atoms with Crippen LogP contribution in [0.15, 0.2) is 23.0 Å². The Morgan fingerprint density at radius 2 is 2.00 bits per heavy atom. The summed E-state index contributed by atoms with van der Waals surface area (Å²) in [5.41, 5.74) is 1.33. The lowest BCUT2D eigenvalue weighted by molar-refractivity contribution is -0.131. The van der Waals surface area contributed by atoms with E-state index in [1.165, 1.54) is 22.8 Å². The van der Waals surface area contributed by atoms with Gasteiger partial charge < -0.3 is 10.2 Å². The maximum atomic E-state index is 13.3. The zero-order valence-electron chi connectivity index (χ0n) is 14.5. The highest BCUT2D eigenvalue weighted by molar-refractivity contribution is 6.30. The number of carbonyl (C=O) groups excluding carboxylic acids is 2. The predicted molar refractivity (Wildman–Crippen MR) is 96.2 cm³/mol. The van der Waals surface area contributed by atoms with Crippen LogP contribution in [0.1, 0.15) is 28.2 Å². The van der Waals surface area contributed by atoms with Crippen LogP contribution in [0.3, 0.4) is 0 Å². The molecule has 0 aliphatic carbocycles. The van der Waals surface area contributed by atoms with Gasteiger partial charge in [-0.3, -0.25) is 18.7 Å². The lowest BCUT2D eigenvalue weighted by atomic mass is 10.1. The molecule has 0 bridgehead atoms. The molecule has 0 unspecified atom stereocenters. The number of aromatic nitrogens is 2. The summed E-state index contributed by atoms with van der Waals surface area (Å²) < 4.78 is 16.4. The molecule has 3 heterocycles. The minimum absolute atomic E-state index is 0.0257. The topological polar surface area (TPSA) is 76.3 Å². The molecule has 0 fully saturated rings. The summed E-state index contributed by atoms with van der Waals surface area (Å²) in [6.07, 6.45) is 0.766. The number of halogens is 2. The van der Waals surface area contributed by atoms with Gasteiger partial charge in [0.2, 0.25) is 5.91 Å². The number of amides is 2. The van der Waals surface area contributed by atoms with Crippen LogP contribution < -0.4 is 11.0 Å². The number of fused-ring (bicyclic) bond motifs is 3. The Hall–Kier alpha value is -2.61. The van der Waals surface area contributed by atoms with Crippen LogP contribution >= 0.6 is 11.6 Å². The fourth-order valence-corrected chi connectivity index (χ4v) is 3.85. The quantitative estimate of drug-likeness (QED) is 0.833. The van der Waals surface area contributed by atoms with Gasteiger partial charge in [0.25, 0.3) is 5.91 Å². The van der Waals surface area contributed by atoms with Crippen molar-refractivity contribution in [3.63, 3.8) is 0 Å². The van der Waals surface area contributed by atoms with Crippen molar-refractivity contribution in [3.8, 4) is 0 Å². The molecule has 0 atom stereocenters. The average Bonchev–Trinajstić information content (AvgIpc) is 2.79. The second kappa shape index (κ2) is 6.84. The van der Waals surface area contributed by atoms with E-state index < -0.39 is 5.82 Å². The number of nitrogens with one attached hydrogen (secondary N) is 1. The number of carbonyl (C=O) groups is 2. The van der Waals surface area contributed by atoms with Crippen LogP contribution in [-0.2, 0) is 30.8 Å². The van der Waals surface area contributed by atoms with Crippen LogP contribution in [0.25, 0.3) is 0 Å². The molecule has 2 aliphatic heterocycles. The van der Waals surface area contributed by atoms with E-state index in [9.17, 15) is 18.8 Å². The first-order valence-electron chi connectivity index (χ1n) is 8.78. The van der Waals surface area contributed by atoms with E-state index in [2.05, 4.69) is 5.32 Å². The van der Waals surface area contributed by atoms with Gasteiger partial charge in [0.1, 0.15) is 11.5 Å². The zero-order chi connectivity index (χ0) is 19.1. The summed E-state index contributed by atoms with van der Waals surface area (Å²) >= 11 is 5.78. The van der Waals surface area contributed by atoms with Gasteiger partial charge in [0, 0.05) is 26.2 Å². The van der Waals surface area contributed by atoms with Crippen molar-refractivity contribution in [1.82, 2.24) is 19.4 Å². The largest absolute Gasteiger partial charge is 0.351 e. The van der Waals surface area contributed by atoms with Crippen LogP contribution in [0, 0.1) is 5.82 Å². The van der Waals surface area contributed by atoms with Gasteiger partial charge in [0.15, 0.2) is 0 Å². The molecule has 7 nitrogen and oxygen atoms in total. The maximum Gasteiger partial charge on any atom is 0.329 e. The number of hydrogen-bond acceptors (Lipinski definition) is 3. The minimum Gasteiger partial charge on any atom is -0.351 e. The Morgan fingerprint density at radius 3 is 2.78 bits per heavy atom. The number of nitrogens with zero attached hydrogens (tertiary/aromatic N) is 3. The van der Waals surface area contributed by atoms with Crippen molar-refractivity contribution in [2.45, 2.75) is 32.5 Å². The Kier molecular flexibility index (Phi) is 4.51.